The summed E-state index contributed by atoms with van der Waals surface area (Å²) in [5, 5.41) is 0. The van der Waals surface area contributed by atoms with Gasteiger partial charge in [-0.2, -0.15) is 0 Å². The lowest BCUT2D eigenvalue weighted by Gasteiger charge is -2.28. The van der Waals surface area contributed by atoms with Crippen LogP contribution in [0.15, 0.2) is 81.7 Å². The number of nitrogens with zero attached hydrogens (tertiary/aromatic N) is 6. The van der Waals surface area contributed by atoms with Gasteiger partial charge in [-0.3, -0.25) is 0 Å². The highest BCUT2D eigenvalue weighted by Crippen LogP contribution is 2.38. The minimum absolute atomic E-state index is 0.841. The van der Waals surface area contributed by atoms with Crippen LogP contribution in [0.2, 0.25) is 0 Å². The summed E-state index contributed by atoms with van der Waals surface area (Å²) >= 11 is 7.40. The van der Waals surface area contributed by atoms with Gasteiger partial charge < -0.3 is 19.6 Å². The average Bonchev–Trinajstić information content (AvgIpc) is 2.87. The van der Waals surface area contributed by atoms with Crippen molar-refractivity contribution in [3.63, 3.8) is 0 Å². The molecule has 0 atom stereocenters. The van der Waals surface area contributed by atoms with Gasteiger partial charge in [-0.1, -0.05) is 12.1 Å². The molecule has 5 rings (SSSR count). The Morgan fingerprint density at radius 2 is 0.853 bits per heavy atom. The maximum absolute atomic E-state index is 5.00. The molecule has 0 saturated heterocycles. The fraction of sp³-hybridized carbons (Fsp3) is 0.154. The summed E-state index contributed by atoms with van der Waals surface area (Å²) in [7, 11) is 8.13. The van der Waals surface area contributed by atoms with Crippen LogP contribution in [-0.2, 0) is 0 Å². The molecular weight excluding hydrogens is 556 g/mol. The van der Waals surface area contributed by atoms with Gasteiger partial charge in [0.1, 0.15) is 23.3 Å². The standard InChI is InChI=1S/C26H24Br2N6/c1-31-17-7-5-9-19(15-17)33(3)26-22(28)12-14-24(30-26)32(2)18-8-6-10-20(16-18)34(4)25-21(27)11-13-23(31)29-25/h5-16H,1-4H3. The molecule has 2 aromatic heterocycles. The van der Waals surface area contributed by atoms with Crippen molar-refractivity contribution in [2.75, 3.05) is 47.8 Å². The van der Waals surface area contributed by atoms with Crippen molar-refractivity contribution in [1.82, 2.24) is 9.97 Å². The summed E-state index contributed by atoms with van der Waals surface area (Å²) < 4.78 is 1.86. The second kappa shape index (κ2) is 8.92. The molecular formula is C26H24Br2N6. The van der Waals surface area contributed by atoms with Crippen LogP contribution in [0.4, 0.5) is 46.0 Å². The second-order valence-corrected chi connectivity index (χ2v) is 9.93. The summed E-state index contributed by atoms with van der Waals surface area (Å²) in [6.45, 7) is 0. The zero-order valence-electron chi connectivity index (χ0n) is 19.4. The number of anilines is 8. The molecule has 8 bridgehead atoms. The largest absolute Gasteiger partial charge is 0.329 e. The highest BCUT2D eigenvalue weighted by molar-refractivity contribution is 9.11. The predicted molar refractivity (Wildman–Crippen MR) is 149 cm³/mol. The molecule has 0 radical (unpaired) electrons. The fourth-order valence-electron chi connectivity index (χ4n) is 4.02. The average molecular weight is 580 g/mol. The van der Waals surface area contributed by atoms with Crippen LogP contribution in [0.5, 0.6) is 0 Å². The predicted octanol–water partition coefficient (Wildman–Crippen LogP) is 7.39. The lowest BCUT2D eigenvalue weighted by Crippen LogP contribution is -2.19. The first-order valence-electron chi connectivity index (χ1n) is 10.8. The maximum Gasteiger partial charge on any atom is 0.149 e. The molecule has 0 N–H and O–H groups in total. The Bertz CT molecular complexity index is 1270. The van der Waals surface area contributed by atoms with Crippen molar-refractivity contribution in [3.8, 4) is 0 Å². The van der Waals surface area contributed by atoms with Gasteiger partial charge in [0.2, 0.25) is 0 Å². The van der Waals surface area contributed by atoms with E-state index < -0.39 is 0 Å². The van der Waals surface area contributed by atoms with Crippen LogP contribution in [0, 0.1) is 0 Å². The molecule has 0 unspecified atom stereocenters. The number of hydrogen-bond acceptors (Lipinski definition) is 6. The van der Waals surface area contributed by atoms with Crippen molar-refractivity contribution in [1.29, 1.82) is 0 Å². The van der Waals surface area contributed by atoms with Gasteiger partial charge in [0.15, 0.2) is 0 Å². The Hall–Kier alpha value is -3.10. The Kier molecular flexibility index (Phi) is 5.95. The second-order valence-electron chi connectivity index (χ2n) is 8.23. The molecule has 4 aromatic rings. The molecule has 1 aliphatic heterocycles. The molecule has 34 heavy (non-hydrogen) atoms. The number of rotatable bonds is 0. The van der Waals surface area contributed by atoms with Gasteiger partial charge >= 0.3 is 0 Å². The first kappa shape index (κ1) is 22.7. The van der Waals surface area contributed by atoms with Gasteiger partial charge in [-0.05, 0) is 92.5 Å². The van der Waals surface area contributed by atoms with Crippen LogP contribution < -0.4 is 19.6 Å². The minimum atomic E-state index is 0.841. The first-order valence-corrected chi connectivity index (χ1v) is 12.4. The van der Waals surface area contributed by atoms with Crippen LogP contribution in [0.3, 0.4) is 0 Å². The lowest BCUT2D eigenvalue weighted by molar-refractivity contribution is 1.05. The van der Waals surface area contributed by atoms with Crippen LogP contribution in [0.1, 0.15) is 0 Å². The molecule has 8 heteroatoms. The fourth-order valence-corrected chi connectivity index (χ4v) is 4.99. The van der Waals surface area contributed by atoms with Gasteiger partial charge in [-0.25, -0.2) is 9.97 Å². The summed E-state index contributed by atoms with van der Waals surface area (Å²) in [6, 6.07) is 24.9. The van der Waals surface area contributed by atoms with E-state index in [1.54, 1.807) is 0 Å². The third-order valence-electron chi connectivity index (χ3n) is 6.16. The normalized spacial score (nSPS) is 13.4. The Morgan fingerprint density at radius 1 is 0.500 bits per heavy atom. The van der Waals surface area contributed by atoms with E-state index in [0.717, 1.165) is 55.0 Å². The molecule has 0 spiro atoms. The van der Waals surface area contributed by atoms with E-state index in [4.69, 9.17) is 9.97 Å². The van der Waals surface area contributed by atoms with E-state index in [9.17, 15) is 0 Å². The third kappa shape index (κ3) is 4.01. The van der Waals surface area contributed by atoms with Gasteiger partial charge in [-0.15, -0.1) is 0 Å². The monoisotopic (exact) mass is 578 g/mol. The summed E-state index contributed by atoms with van der Waals surface area (Å²) in [5.41, 5.74) is 4.12. The molecule has 1 aliphatic rings. The number of fused-ring (bicyclic) bond motifs is 8. The van der Waals surface area contributed by atoms with Gasteiger partial charge in [0.25, 0.3) is 0 Å². The van der Waals surface area contributed by atoms with Crippen LogP contribution >= 0.6 is 31.9 Å². The van der Waals surface area contributed by atoms with E-state index in [1.165, 1.54) is 0 Å². The van der Waals surface area contributed by atoms with Crippen molar-refractivity contribution in [2.24, 2.45) is 0 Å². The van der Waals surface area contributed by atoms with E-state index >= 15 is 0 Å². The summed E-state index contributed by atoms with van der Waals surface area (Å²) in [6.07, 6.45) is 0. The van der Waals surface area contributed by atoms with Crippen molar-refractivity contribution < 1.29 is 0 Å². The van der Waals surface area contributed by atoms with Crippen LogP contribution in [-0.4, -0.2) is 38.2 Å². The Balaban J connectivity index is 1.75. The number of aromatic nitrogens is 2. The van der Waals surface area contributed by atoms with Crippen molar-refractivity contribution >= 4 is 77.9 Å². The lowest BCUT2D eigenvalue weighted by atomic mass is 10.2. The highest BCUT2D eigenvalue weighted by Gasteiger charge is 2.18. The minimum Gasteiger partial charge on any atom is -0.329 e. The number of hydrogen-bond donors (Lipinski definition) is 0. The molecule has 172 valence electrons. The van der Waals surface area contributed by atoms with Crippen molar-refractivity contribution in [2.45, 2.75) is 0 Å². The van der Waals surface area contributed by atoms with Crippen molar-refractivity contribution in [3.05, 3.63) is 81.7 Å². The van der Waals surface area contributed by atoms with E-state index in [-0.39, 0.29) is 0 Å². The summed E-state index contributed by atoms with van der Waals surface area (Å²) in [5.74, 6) is 3.39. The number of halogens is 2. The van der Waals surface area contributed by atoms with Crippen LogP contribution in [0.25, 0.3) is 0 Å². The molecule has 0 amide bonds. The molecule has 3 heterocycles. The highest BCUT2D eigenvalue weighted by atomic mass is 79.9. The first-order chi connectivity index (χ1) is 16.3. The van der Waals surface area contributed by atoms with Gasteiger partial charge in [0.05, 0.1) is 8.95 Å². The van der Waals surface area contributed by atoms with E-state index in [2.05, 4.69) is 100.0 Å². The Labute approximate surface area is 216 Å². The topological polar surface area (TPSA) is 38.7 Å². The Morgan fingerprint density at radius 3 is 1.24 bits per heavy atom. The maximum atomic E-state index is 5.00. The number of pyridine rings is 2. The number of benzene rings is 2. The van der Waals surface area contributed by atoms with E-state index in [1.807, 2.05) is 52.5 Å². The molecule has 0 saturated carbocycles. The zero-order valence-corrected chi connectivity index (χ0v) is 22.5. The zero-order chi connectivity index (χ0) is 24.0. The molecule has 0 fully saturated rings. The molecule has 2 aromatic carbocycles. The molecule has 6 nitrogen and oxygen atoms in total. The molecule has 0 aliphatic carbocycles. The quantitative estimate of drug-likeness (QED) is 0.216. The third-order valence-corrected chi connectivity index (χ3v) is 7.39. The SMILES string of the molecule is CN1c2cccc(c2)N(C)c2nc(ccc2Br)N(C)c2cccc(c2)N(C)c2nc1ccc2Br. The summed E-state index contributed by atoms with van der Waals surface area (Å²) in [4.78, 5) is 18.4. The van der Waals surface area contributed by atoms with Gasteiger partial charge in [0, 0.05) is 50.9 Å². The van der Waals surface area contributed by atoms with E-state index in [0.29, 0.717) is 0 Å². The smallest absolute Gasteiger partial charge is 0.149 e.